The Hall–Kier alpha value is -4.32. The average Bonchev–Trinajstić information content (AvgIpc) is 3.52. The zero-order chi connectivity index (χ0) is 41.8. The fourth-order valence-electron chi connectivity index (χ4n) is 9.29. The van der Waals surface area contributed by atoms with Gasteiger partial charge in [0, 0.05) is 53.5 Å². The van der Waals surface area contributed by atoms with Gasteiger partial charge in [0.05, 0.1) is 17.6 Å². The van der Waals surface area contributed by atoms with Crippen molar-refractivity contribution in [2.45, 2.75) is 144 Å². The second-order valence-electron chi connectivity index (χ2n) is 17.8. The first-order valence-corrected chi connectivity index (χ1v) is 22.0. The molecule has 0 saturated carbocycles. The monoisotopic (exact) mass is 792 g/mol. The Balaban J connectivity index is 1.55. The highest BCUT2D eigenvalue weighted by Gasteiger charge is 2.44. The summed E-state index contributed by atoms with van der Waals surface area (Å²) in [5.74, 6) is -3.41. The van der Waals surface area contributed by atoms with E-state index in [1.807, 2.05) is 6.92 Å². The van der Waals surface area contributed by atoms with Crippen molar-refractivity contribution in [2.75, 3.05) is 24.6 Å². The molecule has 0 saturated heterocycles. The number of unbranched alkanes of at least 4 members (excludes halogenated alkanes) is 5. The maximum Gasteiger partial charge on any atom is 0.209 e. The van der Waals surface area contributed by atoms with E-state index in [4.69, 9.17) is 4.74 Å². The molecule has 6 rings (SSSR count). The average molecular weight is 792 g/mol. The van der Waals surface area contributed by atoms with Gasteiger partial charge in [0.15, 0.2) is 23.1 Å². The van der Waals surface area contributed by atoms with E-state index in [1.165, 1.54) is 45.0 Å². The van der Waals surface area contributed by atoms with Crippen LogP contribution in [0.3, 0.4) is 0 Å². The quantitative estimate of drug-likeness (QED) is 0.106. The molecule has 0 fully saturated rings. The summed E-state index contributed by atoms with van der Waals surface area (Å²) in [4.78, 5) is 2.44. The topological polar surface area (TPSA) is 15.5 Å². The normalized spacial score (nSPS) is 18.7. The molecule has 3 nitrogen and oxygen atoms in total. The van der Waals surface area contributed by atoms with E-state index >= 15 is 13.2 Å². The minimum atomic E-state index is -1.02. The van der Waals surface area contributed by atoms with E-state index in [-0.39, 0.29) is 23.0 Å². The second-order valence-corrected chi connectivity index (χ2v) is 17.8. The van der Waals surface area contributed by atoms with Crippen molar-refractivity contribution in [3.8, 4) is 5.75 Å². The molecule has 0 radical (unpaired) electrons. The first-order chi connectivity index (χ1) is 27.8. The van der Waals surface area contributed by atoms with Crippen LogP contribution in [0, 0.1) is 31.3 Å². The van der Waals surface area contributed by atoms with Crippen LogP contribution in [0.1, 0.15) is 147 Å². The number of hydrogen-bond acceptors (Lipinski definition) is 2. The highest BCUT2D eigenvalue weighted by molar-refractivity contribution is 6.03. The smallest absolute Gasteiger partial charge is 0.209 e. The molecule has 1 aliphatic carbocycles. The molecule has 0 unspecified atom stereocenters. The largest absolute Gasteiger partial charge is 0.488 e. The van der Waals surface area contributed by atoms with Crippen LogP contribution in [0.4, 0.5) is 24.5 Å². The van der Waals surface area contributed by atoms with Crippen LogP contribution >= 0.6 is 0 Å². The number of rotatable bonds is 16. The lowest BCUT2D eigenvalue weighted by Gasteiger charge is -2.28. The molecule has 3 aromatic rings. The lowest BCUT2D eigenvalue weighted by molar-refractivity contribution is -0.438. The third kappa shape index (κ3) is 8.54. The molecular weight excluding hydrogens is 726 g/mol. The number of halogens is 3. The maximum atomic E-state index is 16.9. The van der Waals surface area contributed by atoms with Crippen LogP contribution in [-0.4, -0.2) is 30.0 Å². The van der Waals surface area contributed by atoms with Gasteiger partial charge in [0.25, 0.3) is 0 Å². The third-order valence-corrected chi connectivity index (χ3v) is 12.6. The molecule has 3 aliphatic rings. The van der Waals surface area contributed by atoms with E-state index in [9.17, 15) is 0 Å². The SMILES string of the molecule is CCCCCN1C(=CC=C2CCCC(C=CC3=[N+](CCCCC)c4ccc(C)cc4C3(C)C)=C2c2c(F)cc(F)c(OCCCC)c2F)C(C)(C)c2cc(C)ccc21. The molecule has 0 bridgehead atoms. The van der Waals surface area contributed by atoms with Gasteiger partial charge in [0.2, 0.25) is 5.69 Å². The van der Waals surface area contributed by atoms with Crippen molar-refractivity contribution in [3.63, 3.8) is 0 Å². The molecular formula is C52H66F3N2O+. The van der Waals surface area contributed by atoms with Gasteiger partial charge in [-0.05, 0) is 107 Å². The van der Waals surface area contributed by atoms with Crippen LogP contribution in [0.15, 0.2) is 83.6 Å². The van der Waals surface area contributed by atoms with Crippen molar-refractivity contribution >= 4 is 22.7 Å². The number of fused-ring (bicyclic) bond motifs is 2. The first kappa shape index (κ1) is 43.3. The molecule has 58 heavy (non-hydrogen) atoms. The zero-order valence-corrected chi connectivity index (χ0v) is 36.7. The summed E-state index contributed by atoms with van der Waals surface area (Å²) in [5, 5.41) is 0. The second kappa shape index (κ2) is 18.3. The summed E-state index contributed by atoms with van der Waals surface area (Å²) < 4.78 is 56.7. The van der Waals surface area contributed by atoms with Crippen molar-refractivity contribution < 1.29 is 22.5 Å². The third-order valence-electron chi connectivity index (χ3n) is 12.6. The number of hydrogen-bond donors (Lipinski definition) is 0. The van der Waals surface area contributed by atoms with Gasteiger partial charge in [-0.3, -0.25) is 0 Å². The summed E-state index contributed by atoms with van der Waals surface area (Å²) in [5.41, 5.74) is 11.2. The predicted molar refractivity (Wildman–Crippen MR) is 237 cm³/mol. The van der Waals surface area contributed by atoms with Crippen molar-refractivity contribution in [2.24, 2.45) is 0 Å². The maximum absolute atomic E-state index is 16.9. The minimum absolute atomic E-state index is 0.153. The van der Waals surface area contributed by atoms with Gasteiger partial charge in [0.1, 0.15) is 12.4 Å². The highest BCUT2D eigenvalue weighted by atomic mass is 19.1. The number of benzene rings is 3. The molecule has 2 aliphatic heterocycles. The molecule has 6 heteroatoms. The number of nitrogens with zero attached hydrogens (tertiary/aromatic N) is 2. The van der Waals surface area contributed by atoms with Crippen LogP contribution in [0.25, 0.3) is 5.57 Å². The van der Waals surface area contributed by atoms with Crippen LogP contribution in [0.5, 0.6) is 5.75 Å². The Morgan fingerprint density at radius 2 is 1.43 bits per heavy atom. The Labute approximate surface area is 347 Å². The molecule has 0 atom stereocenters. The van der Waals surface area contributed by atoms with Gasteiger partial charge in [-0.1, -0.05) is 102 Å². The van der Waals surface area contributed by atoms with Gasteiger partial charge < -0.3 is 9.64 Å². The Kier molecular flexibility index (Phi) is 13.7. The molecule has 310 valence electrons. The highest BCUT2D eigenvalue weighted by Crippen LogP contribution is 2.49. The zero-order valence-electron chi connectivity index (χ0n) is 36.7. The fraction of sp³-hybridized carbons (Fsp3) is 0.481. The van der Waals surface area contributed by atoms with E-state index in [2.05, 4.69) is 126 Å². The Morgan fingerprint density at radius 3 is 2.16 bits per heavy atom. The lowest BCUT2D eigenvalue weighted by atomic mass is 9.79. The van der Waals surface area contributed by atoms with E-state index in [0.717, 1.165) is 81.7 Å². The standard InChI is InChI=1S/C52H66F3N2O/c1-10-13-16-29-56-43-25-21-35(4)32-39(43)51(6,7)45(56)27-23-37-19-18-20-38(47(37)48-41(53)34-42(54)50(49(48)55)58-31-15-12-3)24-28-46-52(8,9)40-33-36(5)22-26-44(40)57(46)30-17-14-11-2/h21-28,32-34H,10-20,29-31H2,1-9H3/q+1. The lowest BCUT2D eigenvalue weighted by Crippen LogP contribution is -2.28. The summed E-state index contributed by atoms with van der Waals surface area (Å²) in [6.07, 6.45) is 18.7. The van der Waals surface area contributed by atoms with Gasteiger partial charge in [-0.2, -0.15) is 4.58 Å². The molecule has 0 amide bonds. The van der Waals surface area contributed by atoms with Gasteiger partial charge >= 0.3 is 0 Å². The van der Waals surface area contributed by atoms with Crippen molar-refractivity contribution in [1.29, 1.82) is 0 Å². The van der Waals surface area contributed by atoms with Crippen molar-refractivity contribution in [1.82, 2.24) is 0 Å². The fourth-order valence-corrected chi connectivity index (χ4v) is 9.29. The number of aryl methyl sites for hydroxylation is 2. The van der Waals surface area contributed by atoms with Crippen molar-refractivity contribution in [3.05, 3.63) is 129 Å². The van der Waals surface area contributed by atoms with Crippen LogP contribution in [0.2, 0.25) is 0 Å². The summed E-state index contributed by atoms with van der Waals surface area (Å²) in [7, 11) is 0. The van der Waals surface area contributed by atoms with Crippen LogP contribution in [-0.2, 0) is 10.8 Å². The summed E-state index contributed by atoms with van der Waals surface area (Å²) >= 11 is 0. The molecule has 0 aromatic heterocycles. The molecule has 3 aromatic carbocycles. The number of ether oxygens (including phenoxy) is 1. The number of allylic oxidation sites excluding steroid dienone is 8. The molecule has 0 spiro atoms. The van der Waals surface area contributed by atoms with E-state index in [1.54, 1.807) is 0 Å². The molecule has 2 heterocycles. The summed E-state index contributed by atoms with van der Waals surface area (Å²) in [6.45, 7) is 21.7. The molecule has 0 N–H and O–H groups in total. The van der Waals surface area contributed by atoms with Gasteiger partial charge in [-0.25, -0.2) is 13.2 Å². The predicted octanol–water partition coefficient (Wildman–Crippen LogP) is 14.5. The Bertz CT molecular complexity index is 2160. The Morgan fingerprint density at radius 1 is 0.741 bits per heavy atom. The van der Waals surface area contributed by atoms with E-state index in [0.29, 0.717) is 24.8 Å². The van der Waals surface area contributed by atoms with Crippen LogP contribution < -0.4 is 9.64 Å². The minimum Gasteiger partial charge on any atom is -0.488 e. The number of anilines is 1. The van der Waals surface area contributed by atoms with Gasteiger partial charge in [-0.15, -0.1) is 0 Å². The summed E-state index contributed by atoms with van der Waals surface area (Å²) in [6, 6.07) is 14.2. The first-order valence-electron chi connectivity index (χ1n) is 22.0. The van der Waals surface area contributed by atoms with E-state index < -0.39 is 23.2 Å².